The van der Waals surface area contributed by atoms with Gasteiger partial charge in [0.2, 0.25) is 5.95 Å². The number of imidazole rings is 1. The Hall–Kier alpha value is -3.66. The number of nitrogens with zero attached hydrogens (tertiary/aromatic N) is 2. The second-order valence-corrected chi connectivity index (χ2v) is 9.24. The van der Waals surface area contributed by atoms with Crippen LogP contribution in [0, 0.1) is 5.82 Å². The lowest BCUT2D eigenvalue weighted by atomic mass is 9.93. The number of nitrogens with one attached hydrogen (secondary N) is 2. The number of H-pyrrole nitrogens is 1. The number of hydrogen-bond donors (Lipinski definition) is 3. The van der Waals surface area contributed by atoms with Gasteiger partial charge in [0.05, 0.1) is 21.7 Å². The number of halogens is 3. The molecule has 2 heterocycles. The Labute approximate surface area is 221 Å². The maximum Gasteiger partial charge on any atom is 0.414 e. The van der Waals surface area contributed by atoms with E-state index < -0.39 is 23.5 Å². The van der Waals surface area contributed by atoms with E-state index >= 15 is 4.39 Å². The number of hydrogen-bond acceptors (Lipinski definition) is 5. The van der Waals surface area contributed by atoms with Gasteiger partial charge in [0.25, 0.3) is 5.91 Å². The second-order valence-electron chi connectivity index (χ2n) is 8.83. The molecule has 1 fully saturated rings. The Bertz CT molecular complexity index is 1540. The molecular formula is C26H21Cl2FN4O4. The van der Waals surface area contributed by atoms with Crippen molar-refractivity contribution in [3.63, 3.8) is 0 Å². The minimum Gasteiger partial charge on any atom is -0.446 e. The molecule has 0 saturated heterocycles. The zero-order valence-electron chi connectivity index (χ0n) is 19.2. The molecule has 4 aromatic rings. The van der Waals surface area contributed by atoms with E-state index in [4.69, 9.17) is 16.3 Å². The Morgan fingerprint density at radius 2 is 1.97 bits per heavy atom. The highest BCUT2D eigenvalue weighted by molar-refractivity contribution is 6.31. The first-order valence-corrected chi connectivity index (χ1v) is 11.8. The van der Waals surface area contributed by atoms with Crippen molar-refractivity contribution in [3.8, 4) is 0 Å². The van der Waals surface area contributed by atoms with Crippen LogP contribution in [0.4, 0.5) is 20.8 Å². The van der Waals surface area contributed by atoms with Crippen LogP contribution in [-0.2, 0) is 10.5 Å². The van der Waals surface area contributed by atoms with Crippen molar-refractivity contribution in [1.82, 2.24) is 9.97 Å². The van der Waals surface area contributed by atoms with Crippen LogP contribution >= 0.6 is 24.0 Å². The molecule has 1 aliphatic carbocycles. The van der Waals surface area contributed by atoms with E-state index in [1.807, 2.05) is 0 Å². The van der Waals surface area contributed by atoms with E-state index in [2.05, 4.69) is 15.3 Å². The van der Waals surface area contributed by atoms with E-state index in [-0.39, 0.29) is 40.7 Å². The normalized spacial score (nSPS) is 18.8. The second kappa shape index (κ2) is 9.33. The van der Waals surface area contributed by atoms with Gasteiger partial charge in [-0.05, 0) is 49.6 Å². The number of carbonyl (C=O) groups is 2. The number of aliphatic hydroxyl groups is 1. The van der Waals surface area contributed by atoms with Crippen LogP contribution in [0.15, 0.2) is 60.7 Å². The van der Waals surface area contributed by atoms with Gasteiger partial charge in [0.1, 0.15) is 6.10 Å². The van der Waals surface area contributed by atoms with Crippen molar-refractivity contribution in [3.05, 3.63) is 88.2 Å². The van der Waals surface area contributed by atoms with Gasteiger partial charge in [-0.2, -0.15) is 0 Å². The van der Waals surface area contributed by atoms with Gasteiger partial charge in [-0.15, -0.1) is 12.4 Å². The Morgan fingerprint density at radius 3 is 2.73 bits per heavy atom. The van der Waals surface area contributed by atoms with E-state index in [0.29, 0.717) is 22.2 Å². The van der Waals surface area contributed by atoms with Gasteiger partial charge < -0.3 is 14.8 Å². The number of anilines is 2. The van der Waals surface area contributed by atoms with Gasteiger partial charge >= 0.3 is 6.09 Å². The van der Waals surface area contributed by atoms with Gasteiger partial charge in [0.15, 0.2) is 11.5 Å². The molecule has 1 aromatic heterocycles. The first-order chi connectivity index (χ1) is 17.4. The van der Waals surface area contributed by atoms with Crippen molar-refractivity contribution >= 4 is 58.7 Å². The number of benzene rings is 3. The third-order valence-corrected chi connectivity index (χ3v) is 6.95. The molecule has 0 spiro atoms. The monoisotopic (exact) mass is 542 g/mol. The van der Waals surface area contributed by atoms with E-state index in [1.165, 1.54) is 18.2 Å². The summed E-state index contributed by atoms with van der Waals surface area (Å²) < 4.78 is 20.4. The fraction of sp³-hybridized carbons (Fsp3) is 0.192. The average molecular weight is 543 g/mol. The SMILES string of the molecule is Cl.O=C(Nc1nc2ccc(C3(O)c4ccccc4C(=O)N3c3cccc(Cl)c3F)cc2[nH]1)OC1CCC1. The number of amides is 2. The van der Waals surface area contributed by atoms with E-state index in [0.717, 1.165) is 24.2 Å². The molecule has 2 amide bonds. The molecule has 8 nitrogen and oxygen atoms in total. The van der Waals surface area contributed by atoms with Gasteiger partial charge in [-0.25, -0.2) is 14.2 Å². The van der Waals surface area contributed by atoms with Gasteiger partial charge in [-0.1, -0.05) is 41.9 Å². The van der Waals surface area contributed by atoms with Crippen molar-refractivity contribution in [2.45, 2.75) is 31.1 Å². The first kappa shape index (κ1) is 25.0. The summed E-state index contributed by atoms with van der Waals surface area (Å²) in [6.07, 6.45) is 2.05. The fourth-order valence-electron chi connectivity index (χ4n) is 4.65. The summed E-state index contributed by atoms with van der Waals surface area (Å²) in [6.45, 7) is 0. The lowest BCUT2D eigenvalue weighted by Crippen LogP contribution is -2.45. The molecule has 1 saturated carbocycles. The van der Waals surface area contributed by atoms with Crippen LogP contribution in [0.2, 0.25) is 5.02 Å². The van der Waals surface area contributed by atoms with Crippen molar-refractivity contribution in [2.75, 3.05) is 10.2 Å². The van der Waals surface area contributed by atoms with Crippen LogP contribution in [-0.4, -0.2) is 33.2 Å². The van der Waals surface area contributed by atoms with Crippen LogP contribution in [0.5, 0.6) is 0 Å². The number of fused-ring (bicyclic) bond motifs is 2. The number of aromatic amines is 1. The summed E-state index contributed by atoms with van der Waals surface area (Å²) in [5.41, 5.74) is -0.352. The molecular weight excluding hydrogens is 522 g/mol. The smallest absolute Gasteiger partial charge is 0.414 e. The summed E-state index contributed by atoms with van der Waals surface area (Å²) in [5.74, 6) is -1.21. The summed E-state index contributed by atoms with van der Waals surface area (Å²) >= 11 is 6.00. The van der Waals surface area contributed by atoms with Crippen LogP contribution < -0.4 is 10.2 Å². The summed E-state index contributed by atoms with van der Waals surface area (Å²) in [4.78, 5) is 33.9. The highest BCUT2D eigenvalue weighted by Gasteiger charge is 2.51. The van der Waals surface area contributed by atoms with E-state index in [1.54, 1.807) is 42.5 Å². The minimum atomic E-state index is -2.03. The predicted molar refractivity (Wildman–Crippen MR) is 139 cm³/mol. The standard InChI is InChI=1S/C26H20ClFN4O4.ClH/c27-18-9-4-10-21(22(18)28)32-23(33)16-7-1-2-8-17(16)26(32,35)14-11-12-19-20(13-14)30-24(29-19)31-25(34)36-15-5-3-6-15;/h1-2,4,7-13,15,35H,3,5-6H2,(H2,29,30,31,34);1H. The summed E-state index contributed by atoms with van der Waals surface area (Å²) in [5, 5.41) is 14.5. The maximum absolute atomic E-state index is 15.1. The summed E-state index contributed by atoms with van der Waals surface area (Å²) in [7, 11) is 0. The molecule has 37 heavy (non-hydrogen) atoms. The number of aromatic nitrogens is 2. The molecule has 0 bridgehead atoms. The largest absolute Gasteiger partial charge is 0.446 e. The van der Waals surface area contributed by atoms with Gasteiger partial charge in [0, 0.05) is 16.7 Å². The first-order valence-electron chi connectivity index (χ1n) is 11.4. The highest BCUT2D eigenvalue weighted by atomic mass is 35.5. The lowest BCUT2D eigenvalue weighted by Gasteiger charge is -2.35. The quantitative estimate of drug-likeness (QED) is 0.305. The predicted octanol–water partition coefficient (Wildman–Crippen LogP) is 5.73. The van der Waals surface area contributed by atoms with Crippen molar-refractivity contribution in [1.29, 1.82) is 0 Å². The zero-order valence-corrected chi connectivity index (χ0v) is 20.8. The number of ether oxygens (including phenoxy) is 1. The van der Waals surface area contributed by atoms with Gasteiger partial charge in [-0.3, -0.25) is 15.0 Å². The molecule has 190 valence electrons. The van der Waals surface area contributed by atoms with Crippen LogP contribution in [0.1, 0.15) is 40.7 Å². The Kier molecular flexibility index (Phi) is 6.31. The number of carbonyl (C=O) groups excluding carboxylic acids is 2. The molecule has 3 N–H and O–H groups in total. The molecule has 3 aromatic carbocycles. The minimum absolute atomic E-state index is 0. The third-order valence-electron chi connectivity index (χ3n) is 6.66. The molecule has 1 atom stereocenters. The highest BCUT2D eigenvalue weighted by Crippen LogP contribution is 2.46. The molecule has 0 radical (unpaired) electrons. The average Bonchev–Trinajstić information content (AvgIpc) is 3.34. The third kappa shape index (κ3) is 3.99. The fourth-order valence-corrected chi connectivity index (χ4v) is 4.82. The maximum atomic E-state index is 15.1. The zero-order chi connectivity index (χ0) is 25.0. The summed E-state index contributed by atoms with van der Waals surface area (Å²) in [6, 6.07) is 15.7. The van der Waals surface area contributed by atoms with Crippen LogP contribution in [0.25, 0.3) is 11.0 Å². The van der Waals surface area contributed by atoms with Crippen molar-refractivity contribution in [2.24, 2.45) is 0 Å². The molecule has 11 heteroatoms. The molecule has 1 unspecified atom stereocenters. The molecule has 1 aliphatic heterocycles. The number of rotatable bonds is 4. The Balaban J connectivity index is 0.00000280. The Morgan fingerprint density at radius 1 is 1.19 bits per heavy atom. The van der Waals surface area contributed by atoms with E-state index in [9.17, 15) is 14.7 Å². The molecule has 6 rings (SSSR count). The lowest BCUT2D eigenvalue weighted by molar-refractivity contribution is 0.0622. The van der Waals surface area contributed by atoms with Crippen LogP contribution in [0.3, 0.4) is 0 Å². The molecule has 2 aliphatic rings. The van der Waals surface area contributed by atoms with Crippen molar-refractivity contribution < 1.29 is 23.8 Å². The topological polar surface area (TPSA) is 108 Å².